The van der Waals surface area contributed by atoms with Crippen molar-refractivity contribution in [2.75, 3.05) is 0 Å². The lowest BCUT2D eigenvalue weighted by Crippen LogP contribution is -2.23. The molecule has 2 aromatic rings. The van der Waals surface area contributed by atoms with Gasteiger partial charge in [-0.25, -0.2) is 0 Å². The Balaban J connectivity index is 2.36. The summed E-state index contributed by atoms with van der Waals surface area (Å²) in [6, 6.07) is 11.8. The number of fused-ring (bicyclic) bond motifs is 1. The molecule has 1 aromatic heterocycles. The first kappa shape index (κ1) is 13.8. The number of nitriles is 2. The zero-order valence-electron chi connectivity index (χ0n) is 11.3. The number of rotatable bonds is 5. The lowest BCUT2D eigenvalue weighted by Gasteiger charge is -2.16. The highest BCUT2D eigenvalue weighted by molar-refractivity contribution is 5.84. The van der Waals surface area contributed by atoms with Gasteiger partial charge in [0.25, 0.3) is 0 Å². The molecule has 1 heterocycles. The van der Waals surface area contributed by atoms with Crippen molar-refractivity contribution in [1.29, 1.82) is 10.5 Å². The molecule has 0 aliphatic carbocycles. The summed E-state index contributed by atoms with van der Waals surface area (Å²) in [7, 11) is 0. The summed E-state index contributed by atoms with van der Waals surface area (Å²) in [5.41, 5.74) is 0.583. The maximum atomic E-state index is 11.6. The predicted molar refractivity (Wildman–Crippen MR) is 75.6 cm³/mol. The average Bonchev–Trinajstić information content (AvgIpc) is 2.89. The molecule has 0 radical (unpaired) electrons. The smallest absolute Gasteiger partial charge is 0.154 e. The minimum Gasteiger partial charge on any atom is -0.361 e. The number of nitrogens with one attached hydrogen (secondary N) is 1. The highest BCUT2D eigenvalue weighted by Crippen LogP contribution is 2.30. The van der Waals surface area contributed by atoms with Crippen LogP contribution in [0.25, 0.3) is 10.9 Å². The molecule has 2 rings (SSSR count). The van der Waals surface area contributed by atoms with Gasteiger partial charge in [-0.15, -0.1) is 0 Å². The maximum Gasteiger partial charge on any atom is 0.154 e. The van der Waals surface area contributed by atoms with Crippen LogP contribution >= 0.6 is 0 Å². The quantitative estimate of drug-likeness (QED) is 0.901. The molecule has 4 heteroatoms. The molecule has 20 heavy (non-hydrogen) atoms. The Kier molecular flexibility index (Phi) is 3.86. The second-order valence-corrected chi connectivity index (χ2v) is 4.91. The molecular formula is C16H15N3O. The number of hydrogen-bond donors (Lipinski definition) is 1. The van der Waals surface area contributed by atoms with Gasteiger partial charge in [-0.3, -0.25) is 4.79 Å². The van der Waals surface area contributed by atoms with Gasteiger partial charge < -0.3 is 4.98 Å². The standard InChI is InChI=1S/C16H15N3O/c1-2-13(20)8-16(10-17,11-18)7-12-9-19-15-6-4-3-5-14(12)15/h3-6,9,19H,2,7-8H2,1H3. The summed E-state index contributed by atoms with van der Waals surface area (Å²) >= 11 is 0. The molecule has 0 atom stereocenters. The molecule has 0 aliphatic heterocycles. The van der Waals surface area contributed by atoms with Crippen LogP contribution in [0.2, 0.25) is 0 Å². The van der Waals surface area contributed by atoms with Crippen molar-refractivity contribution in [1.82, 2.24) is 4.98 Å². The number of H-pyrrole nitrogens is 1. The number of ketones is 1. The molecule has 0 bridgehead atoms. The van der Waals surface area contributed by atoms with Crippen molar-refractivity contribution in [3.05, 3.63) is 36.0 Å². The Bertz CT molecular complexity index is 701. The monoisotopic (exact) mass is 265 g/mol. The van der Waals surface area contributed by atoms with Gasteiger partial charge in [0.05, 0.1) is 12.1 Å². The van der Waals surface area contributed by atoms with Gasteiger partial charge in [0, 0.05) is 36.4 Å². The minimum absolute atomic E-state index is 0.0179. The Morgan fingerprint density at radius 2 is 2.00 bits per heavy atom. The fourth-order valence-electron chi connectivity index (χ4n) is 2.31. The number of benzene rings is 1. The highest BCUT2D eigenvalue weighted by Gasteiger charge is 2.33. The minimum atomic E-state index is -1.28. The van der Waals surface area contributed by atoms with Crippen LogP contribution in [0.3, 0.4) is 0 Å². The van der Waals surface area contributed by atoms with Crippen LogP contribution in [0.1, 0.15) is 25.3 Å². The Morgan fingerprint density at radius 1 is 1.30 bits per heavy atom. The molecule has 1 aromatic carbocycles. The summed E-state index contributed by atoms with van der Waals surface area (Å²) in [5, 5.41) is 19.7. The number of carbonyl (C=O) groups excluding carboxylic acids is 1. The fourth-order valence-corrected chi connectivity index (χ4v) is 2.31. The second-order valence-electron chi connectivity index (χ2n) is 4.91. The van der Waals surface area contributed by atoms with E-state index in [1.54, 1.807) is 6.92 Å². The van der Waals surface area contributed by atoms with E-state index >= 15 is 0 Å². The molecular weight excluding hydrogens is 250 g/mol. The van der Waals surface area contributed by atoms with E-state index in [2.05, 4.69) is 4.98 Å². The van der Waals surface area contributed by atoms with Gasteiger partial charge in [-0.2, -0.15) is 10.5 Å². The topological polar surface area (TPSA) is 80.4 Å². The largest absolute Gasteiger partial charge is 0.361 e. The van der Waals surface area contributed by atoms with Crippen LogP contribution in [0, 0.1) is 28.1 Å². The van der Waals surface area contributed by atoms with Crippen molar-refractivity contribution in [3.8, 4) is 12.1 Å². The Morgan fingerprint density at radius 3 is 2.65 bits per heavy atom. The Hall–Kier alpha value is -2.59. The predicted octanol–water partition coefficient (Wildman–Crippen LogP) is 3.11. The first-order valence-corrected chi connectivity index (χ1v) is 6.53. The third-order valence-corrected chi connectivity index (χ3v) is 3.49. The fraction of sp³-hybridized carbons (Fsp3) is 0.312. The maximum absolute atomic E-state index is 11.6. The van der Waals surface area contributed by atoms with Crippen LogP contribution in [-0.4, -0.2) is 10.8 Å². The molecule has 0 amide bonds. The lowest BCUT2D eigenvalue weighted by atomic mass is 9.79. The third-order valence-electron chi connectivity index (χ3n) is 3.49. The van der Waals surface area contributed by atoms with E-state index in [1.807, 2.05) is 42.6 Å². The van der Waals surface area contributed by atoms with Crippen molar-refractivity contribution in [3.63, 3.8) is 0 Å². The van der Waals surface area contributed by atoms with E-state index in [-0.39, 0.29) is 18.6 Å². The van der Waals surface area contributed by atoms with Gasteiger partial charge >= 0.3 is 0 Å². The van der Waals surface area contributed by atoms with Crippen LogP contribution in [0.15, 0.2) is 30.5 Å². The molecule has 1 N–H and O–H groups in total. The number of carbonyl (C=O) groups is 1. The lowest BCUT2D eigenvalue weighted by molar-refractivity contribution is -0.119. The number of hydrogen-bond acceptors (Lipinski definition) is 3. The van der Waals surface area contributed by atoms with E-state index in [9.17, 15) is 15.3 Å². The molecule has 0 unspecified atom stereocenters. The van der Waals surface area contributed by atoms with Gasteiger partial charge in [0.2, 0.25) is 0 Å². The third kappa shape index (κ3) is 2.55. The first-order chi connectivity index (χ1) is 9.64. The van der Waals surface area contributed by atoms with Crippen molar-refractivity contribution < 1.29 is 4.79 Å². The number of aromatic nitrogens is 1. The summed E-state index contributed by atoms with van der Waals surface area (Å²) in [4.78, 5) is 14.7. The number of aromatic amines is 1. The molecule has 0 saturated heterocycles. The van der Waals surface area contributed by atoms with Crippen molar-refractivity contribution in [2.24, 2.45) is 5.41 Å². The van der Waals surface area contributed by atoms with E-state index in [4.69, 9.17) is 0 Å². The zero-order chi connectivity index (χ0) is 14.6. The van der Waals surface area contributed by atoms with E-state index < -0.39 is 5.41 Å². The number of nitrogens with zero attached hydrogens (tertiary/aromatic N) is 2. The molecule has 0 aliphatic rings. The van der Waals surface area contributed by atoms with E-state index in [0.29, 0.717) is 6.42 Å². The number of Topliss-reactive ketones (excluding diaryl/α,β-unsaturated/α-hetero) is 1. The summed E-state index contributed by atoms with van der Waals surface area (Å²) in [6.45, 7) is 1.74. The Labute approximate surface area is 117 Å². The normalized spacial score (nSPS) is 10.9. The summed E-state index contributed by atoms with van der Waals surface area (Å²) in [6.07, 6.45) is 2.40. The van der Waals surface area contributed by atoms with Crippen LogP contribution in [0.4, 0.5) is 0 Å². The average molecular weight is 265 g/mol. The summed E-state index contributed by atoms with van der Waals surface area (Å²) < 4.78 is 0. The van der Waals surface area contributed by atoms with Crippen molar-refractivity contribution >= 4 is 16.7 Å². The molecule has 4 nitrogen and oxygen atoms in total. The van der Waals surface area contributed by atoms with Gasteiger partial charge in [-0.1, -0.05) is 25.1 Å². The van der Waals surface area contributed by atoms with Crippen LogP contribution in [-0.2, 0) is 11.2 Å². The van der Waals surface area contributed by atoms with Crippen LogP contribution < -0.4 is 0 Å². The second kappa shape index (κ2) is 5.59. The van der Waals surface area contributed by atoms with E-state index in [1.165, 1.54) is 0 Å². The summed E-state index contributed by atoms with van der Waals surface area (Å²) in [5.74, 6) is -0.0621. The van der Waals surface area contributed by atoms with Crippen LogP contribution in [0.5, 0.6) is 0 Å². The molecule has 0 fully saturated rings. The van der Waals surface area contributed by atoms with Gasteiger partial charge in [0.15, 0.2) is 5.41 Å². The number of para-hydroxylation sites is 1. The molecule has 0 spiro atoms. The molecule has 100 valence electrons. The molecule has 0 saturated carbocycles. The van der Waals surface area contributed by atoms with Gasteiger partial charge in [0.1, 0.15) is 5.78 Å². The van der Waals surface area contributed by atoms with E-state index in [0.717, 1.165) is 16.5 Å². The van der Waals surface area contributed by atoms with Gasteiger partial charge in [-0.05, 0) is 11.6 Å². The van der Waals surface area contributed by atoms with Crippen molar-refractivity contribution in [2.45, 2.75) is 26.2 Å². The first-order valence-electron chi connectivity index (χ1n) is 6.53. The zero-order valence-corrected chi connectivity index (χ0v) is 11.3. The highest BCUT2D eigenvalue weighted by atomic mass is 16.1. The SMILES string of the molecule is CCC(=O)CC(C#N)(C#N)Cc1c[nH]c2ccccc12.